The Labute approximate surface area is 138 Å². The lowest BCUT2D eigenvalue weighted by molar-refractivity contribution is -0.120. The van der Waals surface area contributed by atoms with E-state index in [1.165, 1.54) is 31.5 Å². The number of rotatable bonds is 5. The molecule has 2 saturated heterocycles. The first-order chi connectivity index (χ1) is 11.3. The van der Waals surface area contributed by atoms with Crippen LogP contribution in [0.3, 0.4) is 0 Å². The van der Waals surface area contributed by atoms with Crippen LogP contribution in [0.4, 0.5) is 0 Å². The Bertz CT molecular complexity index is 485. The van der Waals surface area contributed by atoms with E-state index in [2.05, 4.69) is 32.7 Å². The van der Waals surface area contributed by atoms with E-state index in [9.17, 15) is 4.79 Å². The maximum Gasteiger partial charge on any atom is 0.220 e. The predicted molar refractivity (Wildman–Crippen MR) is 90.9 cm³/mol. The van der Waals surface area contributed by atoms with Crippen molar-refractivity contribution in [2.24, 2.45) is 5.92 Å². The van der Waals surface area contributed by atoms with Gasteiger partial charge in [0, 0.05) is 37.9 Å². The second-order valence-electron chi connectivity index (χ2n) is 6.86. The molecule has 2 N–H and O–H groups in total. The summed E-state index contributed by atoms with van der Waals surface area (Å²) < 4.78 is 0. The molecule has 1 aromatic heterocycles. The topological polar surface area (TPSA) is 57.3 Å². The Kier molecular flexibility index (Phi) is 6.00. The van der Waals surface area contributed by atoms with Crippen molar-refractivity contribution in [1.29, 1.82) is 0 Å². The van der Waals surface area contributed by atoms with Crippen molar-refractivity contribution in [3.63, 3.8) is 0 Å². The fourth-order valence-corrected chi connectivity index (χ4v) is 3.56. The molecule has 1 atom stereocenters. The minimum Gasteiger partial charge on any atom is -0.356 e. The first-order valence-electron chi connectivity index (χ1n) is 8.91. The van der Waals surface area contributed by atoms with Gasteiger partial charge in [-0.25, -0.2) is 0 Å². The Morgan fingerprint density at radius 3 is 2.74 bits per heavy atom. The Morgan fingerprint density at radius 2 is 1.96 bits per heavy atom. The van der Waals surface area contributed by atoms with E-state index in [4.69, 9.17) is 0 Å². The second-order valence-corrected chi connectivity index (χ2v) is 6.86. The smallest absolute Gasteiger partial charge is 0.220 e. The second kappa shape index (κ2) is 8.41. The highest BCUT2D eigenvalue weighted by Gasteiger charge is 2.21. The number of amides is 1. The highest BCUT2D eigenvalue weighted by atomic mass is 16.1. The van der Waals surface area contributed by atoms with Gasteiger partial charge in [0.15, 0.2) is 0 Å². The van der Waals surface area contributed by atoms with Gasteiger partial charge in [0.1, 0.15) is 0 Å². The van der Waals surface area contributed by atoms with E-state index in [1.54, 1.807) is 0 Å². The maximum atomic E-state index is 11.4. The van der Waals surface area contributed by atoms with E-state index in [-0.39, 0.29) is 5.91 Å². The van der Waals surface area contributed by atoms with E-state index in [0.717, 1.165) is 38.4 Å². The minimum atomic E-state index is 0.207. The van der Waals surface area contributed by atoms with Gasteiger partial charge in [-0.2, -0.15) is 0 Å². The lowest BCUT2D eigenvalue weighted by Crippen LogP contribution is -2.39. The van der Waals surface area contributed by atoms with Crippen LogP contribution in [0.1, 0.15) is 37.7 Å². The van der Waals surface area contributed by atoms with Crippen molar-refractivity contribution in [3.8, 4) is 0 Å². The highest BCUT2D eigenvalue weighted by molar-refractivity contribution is 5.76. The molecule has 3 heterocycles. The molecule has 0 aliphatic carbocycles. The predicted octanol–water partition coefficient (Wildman–Crippen LogP) is 1.55. The summed E-state index contributed by atoms with van der Waals surface area (Å²) in [6.45, 7) is 5.32. The van der Waals surface area contributed by atoms with Crippen molar-refractivity contribution < 1.29 is 4.79 Å². The number of hydrogen-bond donors (Lipinski definition) is 2. The van der Waals surface area contributed by atoms with Crippen LogP contribution in [0, 0.1) is 5.92 Å². The zero-order chi connectivity index (χ0) is 15.9. The van der Waals surface area contributed by atoms with Gasteiger partial charge in [0.2, 0.25) is 5.91 Å². The third kappa shape index (κ3) is 5.29. The summed E-state index contributed by atoms with van der Waals surface area (Å²) in [5, 5.41) is 6.65. The van der Waals surface area contributed by atoms with E-state index in [0.29, 0.717) is 12.5 Å². The van der Waals surface area contributed by atoms with Crippen molar-refractivity contribution in [1.82, 2.24) is 20.5 Å². The molecule has 1 amide bonds. The average Bonchev–Trinajstić information content (AvgIpc) is 2.80. The van der Waals surface area contributed by atoms with Gasteiger partial charge < -0.3 is 10.6 Å². The number of piperidine rings is 1. The largest absolute Gasteiger partial charge is 0.356 e. The number of pyridine rings is 1. The molecule has 3 rings (SSSR count). The number of hydrogen-bond acceptors (Lipinski definition) is 4. The number of aromatic nitrogens is 1. The quantitative estimate of drug-likeness (QED) is 0.865. The van der Waals surface area contributed by atoms with E-state index in [1.807, 2.05) is 12.4 Å². The molecular formula is C18H28N4O. The molecule has 23 heavy (non-hydrogen) atoms. The zero-order valence-corrected chi connectivity index (χ0v) is 13.8. The van der Waals surface area contributed by atoms with E-state index < -0.39 is 0 Å². The van der Waals surface area contributed by atoms with Crippen LogP contribution >= 0.6 is 0 Å². The molecule has 0 spiro atoms. The van der Waals surface area contributed by atoms with Gasteiger partial charge in [0.25, 0.3) is 0 Å². The first kappa shape index (κ1) is 16.4. The van der Waals surface area contributed by atoms with Crippen LogP contribution < -0.4 is 10.6 Å². The fourth-order valence-electron chi connectivity index (χ4n) is 3.56. The first-order valence-corrected chi connectivity index (χ1v) is 8.91. The molecule has 0 bridgehead atoms. The monoisotopic (exact) mass is 316 g/mol. The van der Waals surface area contributed by atoms with Gasteiger partial charge >= 0.3 is 0 Å². The molecule has 126 valence electrons. The van der Waals surface area contributed by atoms with Crippen LogP contribution in [-0.4, -0.2) is 48.0 Å². The Balaban J connectivity index is 1.35. The Morgan fingerprint density at radius 1 is 1.17 bits per heavy atom. The molecule has 0 aromatic carbocycles. The summed E-state index contributed by atoms with van der Waals surface area (Å²) in [7, 11) is 0. The molecule has 1 aromatic rings. The van der Waals surface area contributed by atoms with Crippen molar-refractivity contribution in [2.75, 3.05) is 26.2 Å². The van der Waals surface area contributed by atoms with Gasteiger partial charge in [-0.3, -0.25) is 14.7 Å². The van der Waals surface area contributed by atoms with Crippen molar-refractivity contribution >= 4 is 5.91 Å². The van der Waals surface area contributed by atoms with Crippen LogP contribution in [0.15, 0.2) is 24.5 Å². The standard InChI is InChI=1S/C18H28N4O/c23-18-2-1-17(5-10-20-18)21-13-15-6-11-22(12-7-15)14-16-3-8-19-9-4-16/h3-4,8-9,15,17,21H,1-2,5-7,10-14H2,(H,20,23). The molecule has 2 aliphatic heterocycles. The zero-order valence-electron chi connectivity index (χ0n) is 13.8. The van der Waals surface area contributed by atoms with Gasteiger partial charge in [0.05, 0.1) is 0 Å². The average molecular weight is 316 g/mol. The van der Waals surface area contributed by atoms with Crippen LogP contribution in [0.25, 0.3) is 0 Å². The molecule has 0 radical (unpaired) electrons. The van der Waals surface area contributed by atoms with Crippen LogP contribution in [0.2, 0.25) is 0 Å². The van der Waals surface area contributed by atoms with Crippen LogP contribution in [-0.2, 0) is 11.3 Å². The molecule has 1 unspecified atom stereocenters. The Hall–Kier alpha value is -1.46. The maximum absolute atomic E-state index is 11.4. The number of nitrogens with one attached hydrogen (secondary N) is 2. The molecule has 5 heteroatoms. The normalized spacial score (nSPS) is 24.2. The summed E-state index contributed by atoms with van der Waals surface area (Å²) >= 11 is 0. The third-order valence-electron chi connectivity index (χ3n) is 5.09. The van der Waals surface area contributed by atoms with Gasteiger partial charge in [-0.05, 0) is 68.9 Å². The molecular weight excluding hydrogens is 288 g/mol. The summed E-state index contributed by atoms with van der Waals surface area (Å²) in [5.74, 6) is 0.981. The minimum absolute atomic E-state index is 0.207. The molecule has 2 fully saturated rings. The molecule has 2 aliphatic rings. The lowest BCUT2D eigenvalue weighted by Gasteiger charge is -2.32. The van der Waals surface area contributed by atoms with Crippen LogP contribution in [0.5, 0.6) is 0 Å². The summed E-state index contributed by atoms with van der Waals surface area (Å²) in [4.78, 5) is 18.0. The van der Waals surface area contributed by atoms with Gasteiger partial charge in [-0.15, -0.1) is 0 Å². The summed E-state index contributed by atoms with van der Waals surface area (Å²) in [6.07, 6.45) is 8.99. The van der Waals surface area contributed by atoms with Crippen molar-refractivity contribution in [3.05, 3.63) is 30.1 Å². The van der Waals surface area contributed by atoms with Gasteiger partial charge in [-0.1, -0.05) is 0 Å². The van der Waals surface area contributed by atoms with E-state index >= 15 is 0 Å². The number of likely N-dealkylation sites (tertiary alicyclic amines) is 1. The van der Waals surface area contributed by atoms with Crippen molar-refractivity contribution in [2.45, 2.75) is 44.7 Å². The SMILES string of the molecule is O=C1CCC(NCC2CCN(Cc3ccncc3)CC2)CCN1. The summed E-state index contributed by atoms with van der Waals surface area (Å²) in [6, 6.07) is 4.72. The molecule has 5 nitrogen and oxygen atoms in total. The third-order valence-corrected chi connectivity index (χ3v) is 5.09. The summed E-state index contributed by atoms with van der Waals surface area (Å²) in [5.41, 5.74) is 1.35. The number of carbonyl (C=O) groups excluding carboxylic acids is 1. The highest BCUT2D eigenvalue weighted by Crippen LogP contribution is 2.19. The lowest BCUT2D eigenvalue weighted by atomic mass is 9.95. The molecule has 0 saturated carbocycles. The fraction of sp³-hybridized carbons (Fsp3) is 0.667. The number of carbonyl (C=O) groups is 1. The number of nitrogens with zero attached hydrogens (tertiary/aromatic N) is 2.